The van der Waals surface area contributed by atoms with Gasteiger partial charge in [-0.25, -0.2) is 0 Å². The summed E-state index contributed by atoms with van der Waals surface area (Å²) in [5.74, 6) is 1.03. The Bertz CT molecular complexity index is 726. The van der Waals surface area contributed by atoms with Crippen molar-refractivity contribution in [2.75, 3.05) is 13.1 Å². The number of rotatable bonds is 3. The van der Waals surface area contributed by atoms with Gasteiger partial charge in [0.2, 0.25) is 0 Å². The molecule has 3 atom stereocenters. The molecule has 126 valence electrons. The second-order valence-corrected chi connectivity index (χ2v) is 7.84. The molecule has 2 aliphatic rings. The number of phenols is 1. The summed E-state index contributed by atoms with van der Waals surface area (Å²) in [6.45, 7) is 7.11. The Hall–Kier alpha value is -1.80. The fourth-order valence-electron chi connectivity index (χ4n) is 4.89. The van der Waals surface area contributed by atoms with Gasteiger partial charge in [-0.05, 0) is 66.0 Å². The molecular weight excluding hydrogens is 294 g/mol. The van der Waals surface area contributed by atoms with Crippen LogP contribution in [0, 0.1) is 5.92 Å². The molecule has 1 unspecified atom stereocenters. The number of likely N-dealkylation sites (tertiary alicyclic amines) is 1. The molecule has 4 rings (SSSR count). The molecule has 24 heavy (non-hydrogen) atoms. The van der Waals surface area contributed by atoms with Gasteiger partial charge in [0.05, 0.1) is 0 Å². The van der Waals surface area contributed by atoms with Crippen LogP contribution in [0.2, 0.25) is 0 Å². The molecule has 0 aromatic heterocycles. The lowest BCUT2D eigenvalue weighted by molar-refractivity contribution is 0.0322. The highest BCUT2D eigenvalue weighted by Gasteiger charge is 2.48. The van der Waals surface area contributed by atoms with Crippen molar-refractivity contribution in [3.63, 3.8) is 0 Å². The normalized spacial score (nSPS) is 29.2. The molecule has 0 amide bonds. The van der Waals surface area contributed by atoms with Crippen molar-refractivity contribution in [2.24, 2.45) is 5.92 Å². The maximum Gasteiger partial charge on any atom is 0.115 e. The Morgan fingerprint density at radius 2 is 1.96 bits per heavy atom. The lowest BCUT2D eigenvalue weighted by Crippen LogP contribution is -2.58. The SMILES string of the molecule is C[C@H]1C2Cc3ccc(O)cc3[C@@]1(C)CCN2CCc1ccccc1. The first-order valence-electron chi connectivity index (χ1n) is 9.18. The average Bonchev–Trinajstić information content (AvgIpc) is 2.59. The second kappa shape index (κ2) is 5.93. The van der Waals surface area contributed by atoms with Crippen LogP contribution in [0.3, 0.4) is 0 Å². The van der Waals surface area contributed by atoms with Crippen molar-refractivity contribution in [1.82, 2.24) is 4.90 Å². The fraction of sp³-hybridized carbons (Fsp3) is 0.455. The first kappa shape index (κ1) is 15.7. The molecule has 1 fully saturated rings. The monoisotopic (exact) mass is 321 g/mol. The zero-order valence-electron chi connectivity index (χ0n) is 14.7. The van der Waals surface area contributed by atoms with Gasteiger partial charge in [-0.15, -0.1) is 0 Å². The van der Waals surface area contributed by atoms with Gasteiger partial charge < -0.3 is 5.11 Å². The predicted molar refractivity (Wildman–Crippen MR) is 98.5 cm³/mol. The van der Waals surface area contributed by atoms with Crippen molar-refractivity contribution in [2.45, 2.75) is 44.6 Å². The van der Waals surface area contributed by atoms with Crippen LogP contribution in [0.15, 0.2) is 48.5 Å². The second-order valence-electron chi connectivity index (χ2n) is 7.84. The predicted octanol–water partition coefficient (Wildman–Crippen LogP) is 4.16. The summed E-state index contributed by atoms with van der Waals surface area (Å²) in [6.07, 6.45) is 3.42. The molecule has 2 nitrogen and oxygen atoms in total. The molecule has 1 saturated heterocycles. The van der Waals surface area contributed by atoms with Crippen LogP contribution < -0.4 is 0 Å². The molecule has 1 aliphatic heterocycles. The smallest absolute Gasteiger partial charge is 0.115 e. The maximum atomic E-state index is 9.94. The van der Waals surface area contributed by atoms with E-state index in [1.807, 2.05) is 12.1 Å². The number of nitrogens with zero attached hydrogens (tertiary/aromatic N) is 1. The molecule has 2 bridgehead atoms. The van der Waals surface area contributed by atoms with Crippen molar-refractivity contribution in [3.05, 3.63) is 65.2 Å². The van der Waals surface area contributed by atoms with E-state index in [2.05, 4.69) is 55.1 Å². The van der Waals surface area contributed by atoms with E-state index in [-0.39, 0.29) is 5.41 Å². The van der Waals surface area contributed by atoms with E-state index in [0.29, 0.717) is 17.7 Å². The molecular formula is C22H27NO. The van der Waals surface area contributed by atoms with Gasteiger partial charge in [0.25, 0.3) is 0 Å². The van der Waals surface area contributed by atoms with Crippen LogP contribution in [-0.2, 0) is 18.3 Å². The third kappa shape index (κ3) is 2.53. The first-order valence-corrected chi connectivity index (χ1v) is 9.18. The van der Waals surface area contributed by atoms with Gasteiger partial charge in [-0.2, -0.15) is 0 Å². The minimum Gasteiger partial charge on any atom is -0.508 e. The highest BCUT2D eigenvalue weighted by molar-refractivity contribution is 5.44. The largest absolute Gasteiger partial charge is 0.508 e. The van der Waals surface area contributed by atoms with Crippen molar-refractivity contribution < 1.29 is 5.11 Å². The van der Waals surface area contributed by atoms with Gasteiger partial charge in [-0.1, -0.05) is 50.2 Å². The number of hydrogen-bond donors (Lipinski definition) is 1. The summed E-state index contributed by atoms with van der Waals surface area (Å²) < 4.78 is 0. The number of piperidine rings is 1. The van der Waals surface area contributed by atoms with E-state index < -0.39 is 0 Å². The van der Waals surface area contributed by atoms with E-state index in [4.69, 9.17) is 0 Å². The molecule has 2 aromatic rings. The first-order chi connectivity index (χ1) is 11.6. The van der Waals surface area contributed by atoms with E-state index in [1.165, 1.54) is 23.1 Å². The van der Waals surface area contributed by atoms with E-state index >= 15 is 0 Å². The summed E-state index contributed by atoms with van der Waals surface area (Å²) in [4.78, 5) is 2.70. The summed E-state index contributed by atoms with van der Waals surface area (Å²) in [5, 5.41) is 9.94. The van der Waals surface area contributed by atoms with E-state index in [1.54, 1.807) is 0 Å². The molecule has 0 spiro atoms. The quantitative estimate of drug-likeness (QED) is 0.917. The van der Waals surface area contributed by atoms with Gasteiger partial charge in [0.15, 0.2) is 0 Å². The number of aromatic hydroxyl groups is 1. The van der Waals surface area contributed by atoms with Gasteiger partial charge in [-0.3, -0.25) is 4.90 Å². The molecule has 2 heteroatoms. The van der Waals surface area contributed by atoms with Crippen molar-refractivity contribution in [3.8, 4) is 5.75 Å². The Morgan fingerprint density at radius 1 is 1.17 bits per heavy atom. The fourth-order valence-corrected chi connectivity index (χ4v) is 4.89. The topological polar surface area (TPSA) is 23.5 Å². The highest BCUT2D eigenvalue weighted by atomic mass is 16.3. The maximum absolute atomic E-state index is 9.94. The molecule has 1 heterocycles. The number of hydrogen-bond acceptors (Lipinski definition) is 2. The van der Waals surface area contributed by atoms with Crippen LogP contribution >= 0.6 is 0 Å². The minimum atomic E-state index is 0.195. The number of phenolic OH excluding ortho intramolecular Hbond substituents is 1. The molecule has 0 saturated carbocycles. The summed E-state index contributed by atoms with van der Waals surface area (Å²) in [5.41, 5.74) is 4.44. The van der Waals surface area contributed by atoms with Gasteiger partial charge in [0.1, 0.15) is 5.75 Å². The van der Waals surface area contributed by atoms with Crippen LogP contribution in [0.1, 0.15) is 37.0 Å². The standard InChI is InChI=1S/C22H27NO/c1-16-21-14-18-8-9-19(24)15-20(18)22(16,2)11-13-23(21)12-10-17-6-4-3-5-7-17/h3-9,15-16,21,24H,10-14H2,1-2H3/t16-,21?,22-/m0/s1. The Balaban J connectivity index is 1.57. The Morgan fingerprint density at radius 3 is 2.75 bits per heavy atom. The Kier molecular flexibility index (Phi) is 3.88. The van der Waals surface area contributed by atoms with Crippen LogP contribution in [-0.4, -0.2) is 29.1 Å². The summed E-state index contributed by atoms with van der Waals surface area (Å²) in [7, 11) is 0. The molecule has 0 radical (unpaired) electrons. The zero-order chi connectivity index (χ0) is 16.7. The number of fused-ring (bicyclic) bond motifs is 4. The van der Waals surface area contributed by atoms with Crippen LogP contribution in [0.25, 0.3) is 0 Å². The minimum absolute atomic E-state index is 0.195. The summed E-state index contributed by atoms with van der Waals surface area (Å²) in [6, 6.07) is 17.4. The number of benzene rings is 2. The summed E-state index contributed by atoms with van der Waals surface area (Å²) >= 11 is 0. The molecule has 2 aromatic carbocycles. The highest BCUT2D eigenvalue weighted by Crippen LogP contribution is 2.49. The van der Waals surface area contributed by atoms with Crippen molar-refractivity contribution >= 4 is 0 Å². The lowest BCUT2D eigenvalue weighted by atomic mass is 9.59. The Labute approximate surface area is 145 Å². The molecule has 1 aliphatic carbocycles. The van der Waals surface area contributed by atoms with E-state index in [0.717, 1.165) is 25.9 Å². The van der Waals surface area contributed by atoms with Gasteiger partial charge >= 0.3 is 0 Å². The van der Waals surface area contributed by atoms with Crippen LogP contribution in [0.5, 0.6) is 5.75 Å². The third-order valence-electron chi connectivity index (χ3n) is 6.64. The average molecular weight is 321 g/mol. The zero-order valence-corrected chi connectivity index (χ0v) is 14.7. The van der Waals surface area contributed by atoms with E-state index in [9.17, 15) is 5.11 Å². The third-order valence-corrected chi connectivity index (χ3v) is 6.64. The van der Waals surface area contributed by atoms with Crippen LogP contribution in [0.4, 0.5) is 0 Å². The molecule has 1 N–H and O–H groups in total. The lowest BCUT2D eigenvalue weighted by Gasteiger charge is -2.54. The van der Waals surface area contributed by atoms with Crippen molar-refractivity contribution in [1.29, 1.82) is 0 Å². The van der Waals surface area contributed by atoms with Gasteiger partial charge in [0, 0.05) is 12.6 Å².